The van der Waals surface area contributed by atoms with E-state index in [1.807, 2.05) is 42.5 Å². The fourth-order valence-corrected chi connectivity index (χ4v) is 4.48. The number of carbonyl (C=O) groups excluding carboxylic acids is 1. The normalized spacial score (nSPS) is 10.9. The first kappa shape index (κ1) is 24.5. The van der Waals surface area contributed by atoms with E-state index in [-0.39, 0.29) is 12.4 Å². The predicted octanol–water partition coefficient (Wildman–Crippen LogP) is 6.90. The van der Waals surface area contributed by atoms with Crippen LogP contribution in [0.5, 0.6) is 5.75 Å². The number of nitrogens with one attached hydrogen (secondary N) is 1. The van der Waals surface area contributed by atoms with Crippen LogP contribution in [0.1, 0.15) is 32.8 Å². The second-order valence-electron chi connectivity index (χ2n) is 7.53. The zero-order valence-corrected chi connectivity index (χ0v) is 21.6. The van der Waals surface area contributed by atoms with E-state index in [1.165, 1.54) is 0 Å². The smallest absolute Gasteiger partial charge is 0.307 e. The second-order valence-corrected chi connectivity index (χ2v) is 9.30. The van der Waals surface area contributed by atoms with Crippen molar-refractivity contribution in [2.75, 3.05) is 0 Å². The molecule has 1 aromatic heterocycles. The number of rotatable bonds is 8. The maximum absolute atomic E-state index is 12.5. The third-order valence-corrected chi connectivity index (χ3v) is 6.18. The summed E-state index contributed by atoms with van der Waals surface area (Å²) in [6.07, 6.45) is 3.89. The first-order chi connectivity index (χ1) is 17.0. The molecule has 1 N–H and O–H groups in total. The lowest BCUT2D eigenvalue weighted by molar-refractivity contribution is 0.0929. The van der Waals surface area contributed by atoms with Gasteiger partial charge in [-0.3, -0.25) is 4.79 Å². The Bertz CT molecular complexity index is 1490. The van der Waals surface area contributed by atoms with E-state index in [9.17, 15) is 10.1 Å². The summed E-state index contributed by atoms with van der Waals surface area (Å²) >= 11 is 6.97. The summed E-state index contributed by atoms with van der Waals surface area (Å²) in [7, 11) is 0. The molecule has 0 fully saturated rings. The predicted molar refractivity (Wildman–Crippen MR) is 143 cm³/mol. The van der Waals surface area contributed by atoms with E-state index in [0.29, 0.717) is 23.3 Å². The molecule has 0 aliphatic heterocycles. The lowest BCUT2D eigenvalue weighted by Crippen LogP contribution is -2.16. The summed E-state index contributed by atoms with van der Waals surface area (Å²) in [5.74, 6) is 0.382. The molecule has 174 valence electrons. The molecular formula is C27H19Br2N3O3. The van der Waals surface area contributed by atoms with Crippen LogP contribution in [0.4, 0.5) is 0 Å². The Balaban J connectivity index is 1.48. The zero-order chi connectivity index (χ0) is 24.8. The molecule has 0 bridgehead atoms. The molecule has 0 atom stereocenters. The minimum Gasteiger partial charge on any atom is -0.487 e. The Morgan fingerprint density at radius 3 is 2.77 bits per heavy atom. The van der Waals surface area contributed by atoms with Crippen LogP contribution in [-0.4, -0.2) is 12.1 Å². The van der Waals surface area contributed by atoms with Crippen LogP contribution in [0, 0.1) is 11.3 Å². The van der Waals surface area contributed by atoms with Crippen molar-refractivity contribution in [1.82, 2.24) is 5.43 Å². The summed E-state index contributed by atoms with van der Waals surface area (Å²) in [5, 5.41) is 14.2. The summed E-state index contributed by atoms with van der Waals surface area (Å²) in [6, 6.07) is 20.4. The van der Waals surface area contributed by atoms with Gasteiger partial charge in [0.1, 0.15) is 17.9 Å². The van der Waals surface area contributed by atoms with Gasteiger partial charge in [0.2, 0.25) is 0 Å². The molecule has 0 aliphatic carbocycles. The van der Waals surface area contributed by atoms with Crippen LogP contribution in [0.25, 0.3) is 11.0 Å². The molecule has 35 heavy (non-hydrogen) atoms. The molecule has 6 nitrogen and oxygen atoms in total. The van der Waals surface area contributed by atoms with Crippen LogP contribution in [0.15, 0.2) is 91.8 Å². The lowest BCUT2D eigenvalue weighted by Gasteiger charge is -2.14. The number of amides is 1. The summed E-state index contributed by atoms with van der Waals surface area (Å²) < 4.78 is 13.3. The van der Waals surface area contributed by atoms with Gasteiger partial charge in [-0.25, -0.2) is 5.43 Å². The number of allylic oxidation sites excluding steroid dienone is 1. The summed E-state index contributed by atoms with van der Waals surface area (Å²) in [6.45, 7) is 4.08. The molecule has 0 radical (unpaired) electrons. The van der Waals surface area contributed by atoms with Crippen molar-refractivity contribution >= 4 is 55.0 Å². The molecular weight excluding hydrogens is 574 g/mol. The van der Waals surface area contributed by atoms with Gasteiger partial charge in [-0.2, -0.15) is 10.4 Å². The monoisotopic (exact) mass is 591 g/mol. The SMILES string of the molecule is C=CCc1cc(/C=N/NC(=O)c2cc3cc(Br)ccc3o2)cc(Br)c1OCc1ccccc1C#N. The number of hydrazone groups is 1. The molecule has 0 aliphatic rings. The van der Waals surface area contributed by atoms with E-state index in [4.69, 9.17) is 9.15 Å². The largest absolute Gasteiger partial charge is 0.487 e. The van der Waals surface area contributed by atoms with Crippen molar-refractivity contribution in [3.8, 4) is 11.8 Å². The number of carbonyl (C=O) groups is 1. The number of nitrogens with zero attached hydrogens (tertiary/aromatic N) is 2. The standard InChI is InChI=1S/C27H19Br2N3O3/c1-2-5-18-10-17(11-23(29)26(18)34-16-20-7-4-3-6-19(20)14-30)15-31-32-27(33)25-13-21-12-22(28)8-9-24(21)35-25/h2-4,6-13,15H,1,5,16H2,(H,32,33)/b31-15+. The van der Waals surface area contributed by atoms with Gasteiger partial charge in [0.05, 0.1) is 22.3 Å². The van der Waals surface area contributed by atoms with Crippen molar-refractivity contribution < 1.29 is 13.9 Å². The van der Waals surface area contributed by atoms with Crippen molar-refractivity contribution in [3.05, 3.63) is 110 Å². The maximum Gasteiger partial charge on any atom is 0.307 e. The van der Waals surface area contributed by atoms with Gasteiger partial charge < -0.3 is 9.15 Å². The molecule has 1 heterocycles. The number of benzene rings is 3. The highest BCUT2D eigenvalue weighted by Crippen LogP contribution is 2.32. The van der Waals surface area contributed by atoms with Gasteiger partial charge in [-0.15, -0.1) is 6.58 Å². The molecule has 0 unspecified atom stereocenters. The van der Waals surface area contributed by atoms with E-state index in [0.717, 1.165) is 31.0 Å². The van der Waals surface area contributed by atoms with Gasteiger partial charge >= 0.3 is 5.91 Å². The van der Waals surface area contributed by atoms with Crippen molar-refractivity contribution in [2.45, 2.75) is 13.0 Å². The van der Waals surface area contributed by atoms with Crippen molar-refractivity contribution in [3.63, 3.8) is 0 Å². The molecule has 0 saturated heterocycles. The highest BCUT2D eigenvalue weighted by atomic mass is 79.9. The number of ether oxygens (including phenoxy) is 1. The molecule has 4 rings (SSSR count). The van der Waals surface area contributed by atoms with Crippen LogP contribution < -0.4 is 10.2 Å². The summed E-state index contributed by atoms with van der Waals surface area (Å²) in [4.78, 5) is 12.5. The van der Waals surface area contributed by atoms with E-state index in [1.54, 1.807) is 30.5 Å². The quantitative estimate of drug-likeness (QED) is 0.137. The number of nitriles is 1. The van der Waals surface area contributed by atoms with Gasteiger partial charge in [-0.1, -0.05) is 40.2 Å². The zero-order valence-electron chi connectivity index (χ0n) is 18.4. The van der Waals surface area contributed by atoms with Gasteiger partial charge in [0.25, 0.3) is 0 Å². The van der Waals surface area contributed by atoms with Crippen LogP contribution in [-0.2, 0) is 13.0 Å². The average molecular weight is 593 g/mol. The number of fused-ring (bicyclic) bond motifs is 1. The Morgan fingerprint density at radius 2 is 1.97 bits per heavy atom. The third-order valence-electron chi connectivity index (χ3n) is 5.10. The number of halogens is 2. The van der Waals surface area contributed by atoms with Gasteiger partial charge in [0.15, 0.2) is 5.76 Å². The molecule has 3 aromatic carbocycles. The highest BCUT2D eigenvalue weighted by molar-refractivity contribution is 9.10. The average Bonchev–Trinajstić information content (AvgIpc) is 3.27. The Kier molecular flexibility index (Phi) is 7.80. The molecule has 4 aromatic rings. The fraction of sp³-hybridized carbons (Fsp3) is 0.0741. The minimum absolute atomic E-state index is 0.171. The first-order valence-electron chi connectivity index (χ1n) is 10.5. The second kappa shape index (κ2) is 11.2. The van der Waals surface area contributed by atoms with Crippen molar-refractivity contribution in [2.24, 2.45) is 5.10 Å². The first-order valence-corrected chi connectivity index (χ1v) is 12.1. The number of hydrogen-bond acceptors (Lipinski definition) is 5. The summed E-state index contributed by atoms with van der Waals surface area (Å²) in [5.41, 5.74) is 6.14. The van der Waals surface area contributed by atoms with Crippen LogP contribution in [0.3, 0.4) is 0 Å². The number of hydrogen-bond donors (Lipinski definition) is 1. The molecule has 0 saturated carbocycles. The molecule has 0 spiro atoms. The lowest BCUT2D eigenvalue weighted by atomic mass is 10.1. The third kappa shape index (κ3) is 5.88. The topological polar surface area (TPSA) is 87.6 Å². The fourth-order valence-electron chi connectivity index (χ4n) is 3.47. The van der Waals surface area contributed by atoms with Gasteiger partial charge in [-0.05, 0) is 75.9 Å². The van der Waals surface area contributed by atoms with Crippen LogP contribution >= 0.6 is 31.9 Å². The van der Waals surface area contributed by atoms with Gasteiger partial charge in [0, 0.05) is 15.4 Å². The minimum atomic E-state index is -0.449. The van der Waals surface area contributed by atoms with Crippen LogP contribution in [0.2, 0.25) is 0 Å². The molecule has 8 heteroatoms. The highest BCUT2D eigenvalue weighted by Gasteiger charge is 2.13. The molecule has 1 amide bonds. The Labute approximate surface area is 219 Å². The van der Waals surface area contributed by atoms with E-state index in [2.05, 4.69) is 55.0 Å². The van der Waals surface area contributed by atoms with E-state index >= 15 is 0 Å². The van der Waals surface area contributed by atoms with Crippen molar-refractivity contribution in [1.29, 1.82) is 5.26 Å². The maximum atomic E-state index is 12.5. The Hall–Kier alpha value is -3.67. The van der Waals surface area contributed by atoms with E-state index < -0.39 is 5.91 Å². The number of furan rings is 1. The Morgan fingerprint density at radius 1 is 1.14 bits per heavy atom.